The maximum absolute atomic E-state index is 13.4. The molecule has 0 unspecified atom stereocenters. The van der Waals surface area contributed by atoms with Crippen molar-refractivity contribution in [2.75, 3.05) is 5.32 Å². The van der Waals surface area contributed by atoms with Gasteiger partial charge >= 0.3 is 6.18 Å². The van der Waals surface area contributed by atoms with E-state index in [4.69, 9.17) is 0 Å². The lowest BCUT2D eigenvalue weighted by Gasteiger charge is -2.14. The van der Waals surface area contributed by atoms with Crippen LogP contribution in [-0.4, -0.2) is 26.4 Å². The zero-order valence-corrected chi connectivity index (χ0v) is 15.4. The molecule has 0 spiro atoms. The number of aromatic nitrogens is 3. The number of nitrogens with one attached hydrogen (secondary N) is 1. The monoisotopic (exact) mass is 399 g/mol. The molecule has 0 bridgehead atoms. The van der Waals surface area contributed by atoms with Crippen LogP contribution >= 0.6 is 0 Å². The van der Waals surface area contributed by atoms with E-state index < -0.39 is 12.0 Å². The van der Waals surface area contributed by atoms with Gasteiger partial charge in [-0.2, -0.15) is 13.2 Å². The quantitative estimate of drug-likeness (QED) is 0.724. The Hall–Kier alpha value is -3.49. The molecule has 0 atom stereocenters. The van der Waals surface area contributed by atoms with Crippen molar-refractivity contribution in [2.24, 2.45) is 4.99 Å². The molecule has 0 saturated heterocycles. The SMILES string of the molecule is CCC(=O)Nc1ccc(C2=NCc3nnc(C(F)(F)F)n3-c3ccccc32)cc1. The van der Waals surface area contributed by atoms with Crippen LogP contribution in [0.15, 0.2) is 53.5 Å². The van der Waals surface area contributed by atoms with Gasteiger partial charge in [-0.1, -0.05) is 37.3 Å². The van der Waals surface area contributed by atoms with Crippen molar-refractivity contribution in [3.63, 3.8) is 0 Å². The van der Waals surface area contributed by atoms with E-state index in [0.29, 0.717) is 29.1 Å². The number of rotatable bonds is 3. The van der Waals surface area contributed by atoms with Gasteiger partial charge in [0.2, 0.25) is 11.7 Å². The van der Waals surface area contributed by atoms with Crippen molar-refractivity contribution in [1.29, 1.82) is 0 Å². The van der Waals surface area contributed by atoms with E-state index in [9.17, 15) is 18.0 Å². The highest BCUT2D eigenvalue weighted by Gasteiger charge is 2.40. The van der Waals surface area contributed by atoms with Gasteiger partial charge in [-0.3, -0.25) is 14.4 Å². The molecule has 0 radical (unpaired) electrons. The number of anilines is 1. The predicted octanol–water partition coefficient (Wildman–Crippen LogP) is 3.99. The smallest absolute Gasteiger partial charge is 0.326 e. The summed E-state index contributed by atoms with van der Waals surface area (Å²) < 4.78 is 41.3. The standard InChI is InChI=1S/C20H16F3N5O/c1-2-17(29)25-13-9-7-12(8-10-13)18-14-5-3-4-6-15(14)28-16(11-24-18)26-27-19(28)20(21,22)23/h3-10H,2,11H2,1H3,(H,25,29). The van der Waals surface area contributed by atoms with Gasteiger partial charge in [-0.05, 0) is 18.2 Å². The first-order chi connectivity index (χ1) is 13.9. The molecule has 1 aromatic heterocycles. The molecular formula is C20H16F3N5O. The Morgan fingerprint density at radius 3 is 2.52 bits per heavy atom. The van der Waals surface area contributed by atoms with Gasteiger partial charge in [0.25, 0.3) is 0 Å². The number of hydrogen-bond donors (Lipinski definition) is 1. The fourth-order valence-electron chi connectivity index (χ4n) is 3.17. The van der Waals surface area contributed by atoms with Crippen LogP contribution in [0.25, 0.3) is 5.69 Å². The lowest BCUT2D eigenvalue weighted by Crippen LogP contribution is -2.16. The maximum atomic E-state index is 13.4. The number of amides is 1. The molecule has 29 heavy (non-hydrogen) atoms. The summed E-state index contributed by atoms with van der Waals surface area (Å²) in [5, 5.41) is 9.80. The minimum absolute atomic E-state index is 0.0403. The summed E-state index contributed by atoms with van der Waals surface area (Å²) in [6, 6.07) is 13.7. The Labute approximate surface area is 164 Å². The van der Waals surface area contributed by atoms with Crippen molar-refractivity contribution in [3.05, 3.63) is 71.3 Å². The van der Waals surface area contributed by atoms with E-state index in [1.54, 1.807) is 55.5 Å². The van der Waals surface area contributed by atoms with Gasteiger partial charge in [-0.25, -0.2) is 0 Å². The molecule has 1 N–H and O–H groups in total. The number of para-hydroxylation sites is 1. The predicted molar refractivity (Wildman–Crippen MR) is 101 cm³/mol. The fraction of sp³-hybridized carbons (Fsp3) is 0.200. The highest BCUT2D eigenvalue weighted by Crippen LogP contribution is 2.33. The number of halogens is 3. The normalized spacial score (nSPS) is 13.2. The Morgan fingerprint density at radius 2 is 1.83 bits per heavy atom. The summed E-state index contributed by atoms with van der Waals surface area (Å²) in [6.45, 7) is 1.72. The summed E-state index contributed by atoms with van der Waals surface area (Å²) >= 11 is 0. The third-order valence-corrected chi connectivity index (χ3v) is 4.53. The van der Waals surface area contributed by atoms with E-state index in [1.807, 2.05) is 0 Å². The van der Waals surface area contributed by atoms with Gasteiger partial charge in [0.15, 0.2) is 5.82 Å². The lowest BCUT2D eigenvalue weighted by atomic mass is 10.00. The van der Waals surface area contributed by atoms with Crippen LogP contribution in [0, 0.1) is 0 Å². The molecule has 0 saturated carbocycles. The second-order valence-corrected chi connectivity index (χ2v) is 6.43. The fourth-order valence-corrected chi connectivity index (χ4v) is 3.17. The van der Waals surface area contributed by atoms with E-state index >= 15 is 0 Å². The minimum atomic E-state index is -4.64. The number of benzene rings is 2. The van der Waals surface area contributed by atoms with Crippen molar-refractivity contribution >= 4 is 17.3 Å². The van der Waals surface area contributed by atoms with E-state index in [1.165, 1.54) is 0 Å². The van der Waals surface area contributed by atoms with Gasteiger partial charge in [0, 0.05) is 23.2 Å². The Bertz CT molecular complexity index is 1100. The third kappa shape index (κ3) is 3.51. The lowest BCUT2D eigenvalue weighted by molar-refractivity contribution is -0.146. The third-order valence-electron chi connectivity index (χ3n) is 4.53. The van der Waals surface area contributed by atoms with Gasteiger partial charge in [0.05, 0.1) is 11.4 Å². The number of fused-ring (bicyclic) bond motifs is 3. The molecule has 1 aliphatic rings. The molecule has 0 fully saturated rings. The van der Waals surface area contributed by atoms with E-state index in [2.05, 4.69) is 20.5 Å². The zero-order chi connectivity index (χ0) is 20.6. The van der Waals surface area contributed by atoms with Crippen molar-refractivity contribution in [3.8, 4) is 5.69 Å². The largest absolute Gasteiger partial charge is 0.452 e. The van der Waals surface area contributed by atoms with E-state index in [0.717, 1.165) is 10.1 Å². The molecule has 1 aliphatic heterocycles. The van der Waals surface area contributed by atoms with Crippen LogP contribution in [0.2, 0.25) is 0 Å². The molecule has 2 aromatic carbocycles. The number of nitrogens with zero attached hydrogens (tertiary/aromatic N) is 4. The van der Waals surface area contributed by atoms with Crippen LogP contribution in [0.4, 0.5) is 18.9 Å². The Balaban J connectivity index is 1.79. The first-order valence-electron chi connectivity index (χ1n) is 8.94. The number of alkyl halides is 3. The first-order valence-corrected chi connectivity index (χ1v) is 8.94. The second kappa shape index (κ2) is 7.16. The van der Waals surface area contributed by atoms with Gasteiger partial charge in [-0.15, -0.1) is 10.2 Å². The zero-order valence-electron chi connectivity index (χ0n) is 15.4. The first kappa shape index (κ1) is 18.9. The molecule has 9 heteroatoms. The van der Waals surface area contributed by atoms with Crippen molar-refractivity contribution in [2.45, 2.75) is 26.1 Å². The number of hydrogen-bond acceptors (Lipinski definition) is 4. The highest BCUT2D eigenvalue weighted by atomic mass is 19.4. The average Bonchev–Trinajstić information content (AvgIpc) is 3.07. The molecule has 4 rings (SSSR count). The highest BCUT2D eigenvalue weighted by molar-refractivity contribution is 6.15. The van der Waals surface area contributed by atoms with Gasteiger partial charge in [0.1, 0.15) is 6.54 Å². The summed E-state index contributed by atoms with van der Waals surface area (Å²) in [6.07, 6.45) is -4.27. The van der Waals surface area contributed by atoms with Gasteiger partial charge < -0.3 is 5.32 Å². The maximum Gasteiger partial charge on any atom is 0.452 e. The van der Waals surface area contributed by atoms with Crippen LogP contribution < -0.4 is 5.32 Å². The topological polar surface area (TPSA) is 72.2 Å². The average molecular weight is 399 g/mol. The molecule has 3 aromatic rings. The molecular weight excluding hydrogens is 383 g/mol. The van der Waals surface area contributed by atoms with Crippen LogP contribution in [0.5, 0.6) is 0 Å². The molecule has 2 heterocycles. The van der Waals surface area contributed by atoms with E-state index in [-0.39, 0.29) is 18.3 Å². The number of carbonyl (C=O) groups excluding carboxylic acids is 1. The Morgan fingerprint density at radius 1 is 1.10 bits per heavy atom. The molecule has 1 amide bonds. The van der Waals surface area contributed by atoms with Crippen molar-refractivity contribution < 1.29 is 18.0 Å². The summed E-state index contributed by atoms with van der Waals surface area (Å²) in [5.74, 6) is -1.06. The summed E-state index contributed by atoms with van der Waals surface area (Å²) in [5.41, 5.74) is 2.77. The number of carbonyl (C=O) groups is 1. The Kier molecular flexibility index (Phi) is 4.65. The summed E-state index contributed by atoms with van der Waals surface area (Å²) in [7, 11) is 0. The van der Waals surface area contributed by atoms with Crippen molar-refractivity contribution in [1.82, 2.24) is 14.8 Å². The van der Waals surface area contributed by atoms with Crippen LogP contribution in [-0.2, 0) is 17.5 Å². The molecule has 0 aliphatic carbocycles. The second-order valence-electron chi connectivity index (χ2n) is 6.43. The molecule has 6 nitrogen and oxygen atoms in total. The number of aliphatic imine (C=N–C) groups is 1. The summed E-state index contributed by atoms with van der Waals surface area (Å²) in [4.78, 5) is 16.1. The van der Waals surface area contributed by atoms with Crippen LogP contribution in [0.3, 0.4) is 0 Å². The minimum Gasteiger partial charge on any atom is -0.326 e. The molecule has 148 valence electrons. The van der Waals surface area contributed by atoms with Crippen LogP contribution in [0.1, 0.15) is 36.1 Å².